The second-order valence-electron chi connectivity index (χ2n) is 5.12. The largest absolute Gasteiger partial charge is 0.315 e. The van der Waals surface area contributed by atoms with Gasteiger partial charge in [-0.2, -0.15) is 5.10 Å². The van der Waals surface area contributed by atoms with Gasteiger partial charge in [-0.1, -0.05) is 0 Å². The van der Waals surface area contributed by atoms with E-state index in [4.69, 9.17) is 0 Å². The molecule has 2 unspecified atom stereocenters. The lowest BCUT2D eigenvalue weighted by molar-refractivity contribution is 0.117. The zero-order chi connectivity index (χ0) is 11.0. The molecule has 0 spiro atoms. The predicted octanol–water partition coefficient (Wildman–Crippen LogP) is 0.604. The third-order valence-electron chi connectivity index (χ3n) is 3.94. The molecule has 0 bridgehead atoms. The van der Waals surface area contributed by atoms with E-state index >= 15 is 0 Å². The first-order valence-corrected chi connectivity index (χ1v) is 6.25. The fourth-order valence-electron chi connectivity index (χ4n) is 3.15. The predicted molar refractivity (Wildman–Crippen MR) is 63.0 cm³/mol. The summed E-state index contributed by atoms with van der Waals surface area (Å²) in [5.41, 5.74) is 1.34. The van der Waals surface area contributed by atoms with E-state index in [1.165, 1.54) is 38.0 Å². The molecule has 16 heavy (non-hydrogen) atoms. The molecule has 4 heteroatoms. The van der Waals surface area contributed by atoms with Gasteiger partial charge in [0.05, 0.1) is 6.20 Å². The monoisotopic (exact) mass is 220 g/mol. The first kappa shape index (κ1) is 10.3. The van der Waals surface area contributed by atoms with E-state index in [1.54, 1.807) is 0 Å². The van der Waals surface area contributed by atoms with Crippen LogP contribution < -0.4 is 5.32 Å². The number of piperidine rings is 1. The number of fused-ring (bicyclic) bond motifs is 1. The van der Waals surface area contributed by atoms with Crippen molar-refractivity contribution in [1.82, 2.24) is 20.0 Å². The molecule has 0 saturated carbocycles. The second-order valence-corrected chi connectivity index (χ2v) is 5.12. The quantitative estimate of drug-likeness (QED) is 0.792. The molecule has 4 nitrogen and oxygen atoms in total. The molecule has 1 N–H and O–H groups in total. The Balaban J connectivity index is 1.69. The summed E-state index contributed by atoms with van der Waals surface area (Å²) in [5, 5.41) is 7.76. The zero-order valence-electron chi connectivity index (χ0n) is 9.89. The lowest BCUT2D eigenvalue weighted by Gasteiger charge is -2.36. The summed E-state index contributed by atoms with van der Waals surface area (Å²) >= 11 is 0. The average molecular weight is 220 g/mol. The molecule has 0 aliphatic carbocycles. The first-order chi connectivity index (χ1) is 7.83. The molecule has 2 fully saturated rings. The van der Waals surface area contributed by atoms with Gasteiger partial charge in [-0.15, -0.1) is 0 Å². The Morgan fingerprint density at radius 2 is 2.44 bits per heavy atom. The molecular formula is C12H20N4. The van der Waals surface area contributed by atoms with Crippen molar-refractivity contribution >= 4 is 0 Å². The van der Waals surface area contributed by atoms with Gasteiger partial charge < -0.3 is 5.32 Å². The smallest absolute Gasteiger partial charge is 0.0534 e. The van der Waals surface area contributed by atoms with E-state index in [-0.39, 0.29) is 0 Å². The van der Waals surface area contributed by atoms with Crippen LogP contribution in [0.2, 0.25) is 0 Å². The molecule has 88 valence electrons. The van der Waals surface area contributed by atoms with Crippen LogP contribution in [0, 0.1) is 5.92 Å². The number of hydrogen-bond acceptors (Lipinski definition) is 3. The van der Waals surface area contributed by atoms with Crippen LogP contribution in [0.1, 0.15) is 18.4 Å². The minimum absolute atomic E-state index is 0.758. The van der Waals surface area contributed by atoms with Crippen molar-refractivity contribution in [3.63, 3.8) is 0 Å². The van der Waals surface area contributed by atoms with E-state index in [9.17, 15) is 0 Å². The number of nitrogens with one attached hydrogen (secondary N) is 1. The molecule has 2 saturated heterocycles. The van der Waals surface area contributed by atoms with Crippen LogP contribution in [0.5, 0.6) is 0 Å². The van der Waals surface area contributed by atoms with Gasteiger partial charge in [-0.05, 0) is 31.8 Å². The SMILES string of the molecule is Cn1cc(CN2CCCC3CNCC32)cn1. The molecule has 3 heterocycles. The van der Waals surface area contributed by atoms with Crippen molar-refractivity contribution in [3.05, 3.63) is 18.0 Å². The number of nitrogens with zero attached hydrogens (tertiary/aromatic N) is 3. The minimum Gasteiger partial charge on any atom is -0.315 e. The molecule has 2 aliphatic heterocycles. The van der Waals surface area contributed by atoms with Crippen LogP contribution in [0.3, 0.4) is 0 Å². The molecule has 2 aliphatic rings. The first-order valence-electron chi connectivity index (χ1n) is 6.25. The van der Waals surface area contributed by atoms with Crippen LogP contribution in [-0.4, -0.2) is 40.4 Å². The van der Waals surface area contributed by atoms with Gasteiger partial charge in [0.25, 0.3) is 0 Å². The number of likely N-dealkylation sites (tertiary alicyclic amines) is 1. The normalized spacial score (nSPS) is 30.6. The Morgan fingerprint density at radius 3 is 3.25 bits per heavy atom. The second kappa shape index (κ2) is 4.18. The number of aryl methyl sites for hydroxylation is 1. The van der Waals surface area contributed by atoms with E-state index < -0.39 is 0 Å². The fraction of sp³-hybridized carbons (Fsp3) is 0.750. The van der Waals surface area contributed by atoms with Crippen molar-refractivity contribution in [2.75, 3.05) is 19.6 Å². The topological polar surface area (TPSA) is 33.1 Å². The van der Waals surface area contributed by atoms with E-state index in [1.807, 2.05) is 17.9 Å². The lowest BCUT2D eigenvalue weighted by Crippen LogP contribution is -2.44. The number of hydrogen-bond donors (Lipinski definition) is 1. The van der Waals surface area contributed by atoms with Crippen molar-refractivity contribution in [1.29, 1.82) is 0 Å². The van der Waals surface area contributed by atoms with Crippen LogP contribution in [0.15, 0.2) is 12.4 Å². The van der Waals surface area contributed by atoms with Crippen LogP contribution in [0.25, 0.3) is 0 Å². The van der Waals surface area contributed by atoms with Crippen molar-refractivity contribution in [2.24, 2.45) is 13.0 Å². The van der Waals surface area contributed by atoms with Crippen LogP contribution >= 0.6 is 0 Å². The summed E-state index contributed by atoms with van der Waals surface area (Å²) in [6.45, 7) is 4.70. The Morgan fingerprint density at radius 1 is 1.50 bits per heavy atom. The van der Waals surface area contributed by atoms with Crippen molar-refractivity contribution in [3.8, 4) is 0 Å². The van der Waals surface area contributed by atoms with Gasteiger partial charge in [0, 0.05) is 37.9 Å². The standard InChI is InChI=1S/C12H20N4/c1-15-8-10(5-14-15)9-16-4-2-3-11-6-13-7-12(11)16/h5,8,11-13H,2-4,6-7,9H2,1H3. The summed E-state index contributed by atoms with van der Waals surface area (Å²) in [5.74, 6) is 0.880. The summed E-state index contributed by atoms with van der Waals surface area (Å²) in [6.07, 6.45) is 6.88. The summed E-state index contributed by atoms with van der Waals surface area (Å²) in [4.78, 5) is 2.63. The third-order valence-corrected chi connectivity index (χ3v) is 3.94. The summed E-state index contributed by atoms with van der Waals surface area (Å²) < 4.78 is 1.89. The van der Waals surface area contributed by atoms with Gasteiger partial charge in [0.2, 0.25) is 0 Å². The van der Waals surface area contributed by atoms with E-state index in [0.717, 1.165) is 18.5 Å². The Labute approximate surface area is 96.6 Å². The number of rotatable bonds is 2. The minimum atomic E-state index is 0.758. The maximum atomic E-state index is 4.24. The van der Waals surface area contributed by atoms with Gasteiger partial charge in [0.15, 0.2) is 0 Å². The maximum Gasteiger partial charge on any atom is 0.0534 e. The lowest BCUT2D eigenvalue weighted by atomic mass is 9.92. The van der Waals surface area contributed by atoms with Gasteiger partial charge in [0.1, 0.15) is 0 Å². The Bertz CT molecular complexity index is 360. The highest BCUT2D eigenvalue weighted by Crippen LogP contribution is 2.27. The summed E-state index contributed by atoms with van der Waals surface area (Å²) in [6, 6.07) is 0.758. The Kier molecular flexibility index (Phi) is 2.69. The molecule has 3 rings (SSSR count). The van der Waals surface area contributed by atoms with Crippen molar-refractivity contribution < 1.29 is 0 Å². The van der Waals surface area contributed by atoms with Gasteiger partial charge in [-0.3, -0.25) is 9.58 Å². The Hall–Kier alpha value is -0.870. The van der Waals surface area contributed by atoms with Gasteiger partial charge >= 0.3 is 0 Å². The third kappa shape index (κ3) is 1.87. The van der Waals surface area contributed by atoms with E-state index in [0.29, 0.717) is 0 Å². The molecule has 0 radical (unpaired) electrons. The molecular weight excluding hydrogens is 200 g/mol. The van der Waals surface area contributed by atoms with Crippen molar-refractivity contribution in [2.45, 2.75) is 25.4 Å². The van der Waals surface area contributed by atoms with Gasteiger partial charge in [-0.25, -0.2) is 0 Å². The van der Waals surface area contributed by atoms with E-state index in [2.05, 4.69) is 21.5 Å². The molecule has 0 amide bonds. The molecule has 2 atom stereocenters. The van der Waals surface area contributed by atoms with Crippen LogP contribution in [0.4, 0.5) is 0 Å². The average Bonchev–Trinajstić information content (AvgIpc) is 2.87. The highest BCUT2D eigenvalue weighted by atomic mass is 15.3. The van der Waals surface area contributed by atoms with Crippen LogP contribution in [-0.2, 0) is 13.6 Å². The number of aromatic nitrogens is 2. The molecule has 1 aromatic rings. The molecule has 1 aromatic heterocycles. The molecule has 0 aromatic carbocycles. The zero-order valence-corrected chi connectivity index (χ0v) is 9.89. The highest BCUT2D eigenvalue weighted by molar-refractivity contribution is 5.05. The maximum absolute atomic E-state index is 4.24. The summed E-state index contributed by atoms with van der Waals surface area (Å²) in [7, 11) is 1.99. The fourth-order valence-corrected chi connectivity index (χ4v) is 3.15. The highest BCUT2D eigenvalue weighted by Gasteiger charge is 2.34.